The van der Waals surface area contributed by atoms with Crippen LogP contribution in [0.4, 0.5) is 0 Å². The first-order valence-electron chi connectivity index (χ1n) is 10.8. The number of thiophene rings is 1. The molecule has 0 radical (unpaired) electrons. The highest BCUT2D eigenvalue weighted by molar-refractivity contribution is 7.12. The van der Waals surface area contributed by atoms with Gasteiger partial charge in [0.15, 0.2) is 18.1 Å². The molecule has 1 aliphatic heterocycles. The Hall–Kier alpha value is -3.65. The van der Waals surface area contributed by atoms with Gasteiger partial charge in [-0.3, -0.25) is 4.79 Å². The first kappa shape index (κ1) is 23.5. The Balaban J connectivity index is 1.56. The minimum atomic E-state index is -0.541. The first-order valence-corrected chi connectivity index (χ1v) is 11.7. The fourth-order valence-corrected chi connectivity index (χ4v) is 4.52. The molecular weight excluding hydrogens is 452 g/mol. The number of benzene rings is 2. The Morgan fingerprint density at radius 3 is 2.50 bits per heavy atom. The van der Waals surface area contributed by atoms with Gasteiger partial charge in [0.1, 0.15) is 0 Å². The van der Waals surface area contributed by atoms with E-state index in [-0.39, 0.29) is 6.04 Å². The Morgan fingerprint density at radius 1 is 1.03 bits per heavy atom. The molecule has 4 rings (SSSR count). The van der Waals surface area contributed by atoms with Crippen molar-refractivity contribution in [2.24, 2.45) is 5.10 Å². The van der Waals surface area contributed by atoms with E-state index in [1.54, 1.807) is 43.8 Å². The van der Waals surface area contributed by atoms with Crippen LogP contribution >= 0.6 is 11.3 Å². The number of hydrogen-bond acceptors (Lipinski definition) is 7. The zero-order valence-electron chi connectivity index (χ0n) is 19.5. The van der Waals surface area contributed by atoms with Crippen molar-refractivity contribution in [2.75, 3.05) is 20.8 Å². The predicted molar refractivity (Wildman–Crippen MR) is 131 cm³/mol. The second kappa shape index (κ2) is 10.1. The number of esters is 1. The van der Waals surface area contributed by atoms with E-state index in [9.17, 15) is 9.59 Å². The van der Waals surface area contributed by atoms with Crippen molar-refractivity contribution in [2.45, 2.75) is 26.3 Å². The van der Waals surface area contributed by atoms with Crippen LogP contribution in [0.2, 0.25) is 0 Å². The summed E-state index contributed by atoms with van der Waals surface area (Å²) in [6.45, 7) is 3.49. The summed E-state index contributed by atoms with van der Waals surface area (Å²) in [7, 11) is 3.14. The molecule has 0 aliphatic carbocycles. The molecule has 8 heteroatoms. The number of amides is 1. The molecule has 1 atom stereocenters. The van der Waals surface area contributed by atoms with Crippen LogP contribution in [0, 0.1) is 13.8 Å². The maximum absolute atomic E-state index is 13.2. The van der Waals surface area contributed by atoms with Gasteiger partial charge in [-0.05, 0) is 66.2 Å². The zero-order chi connectivity index (χ0) is 24.2. The average Bonchev–Trinajstić information content (AvgIpc) is 3.54. The van der Waals surface area contributed by atoms with Gasteiger partial charge in [-0.2, -0.15) is 5.10 Å². The summed E-state index contributed by atoms with van der Waals surface area (Å²) in [5, 5.41) is 7.99. The van der Waals surface area contributed by atoms with E-state index in [0.29, 0.717) is 23.5 Å². The van der Waals surface area contributed by atoms with Crippen LogP contribution in [0.3, 0.4) is 0 Å². The van der Waals surface area contributed by atoms with Gasteiger partial charge in [0.05, 0.1) is 36.4 Å². The molecule has 2 heterocycles. The number of rotatable bonds is 7. The number of carbonyl (C=O) groups excluding carboxylic acids is 2. The van der Waals surface area contributed by atoms with E-state index >= 15 is 0 Å². The molecule has 1 amide bonds. The molecule has 1 aliphatic rings. The molecule has 176 valence electrons. The largest absolute Gasteiger partial charge is 0.493 e. The van der Waals surface area contributed by atoms with E-state index in [1.807, 2.05) is 49.6 Å². The molecule has 0 spiro atoms. The molecule has 7 nitrogen and oxygen atoms in total. The van der Waals surface area contributed by atoms with Crippen molar-refractivity contribution in [1.82, 2.24) is 5.01 Å². The number of hydrogen-bond donors (Lipinski definition) is 0. The van der Waals surface area contributed by atoms with E-state index < -0.39 is 18.5 Å². The summed E-state index contributed by atoms with van der Waals surface area (Å²) in [6, 6.07) is 14.4. The molecule has 0 bridgehead atoms. The van der Waals surface area contributed by atoms with Gasteiger partial charge in [-0.25, -0.2) is 9.80 Å². The van der Waals surface area contributed by atoms with Crippen molar-refractivity contribution < 1.29 is 23.8 Å². The van der Waals surface area contributed by atoms with Crippen LogP contribution in [-0.2, 0) is 9.53 Å². The van der Waals surface area contributed by atoms with Crippen LogP contribution < -0.4 is 9.47 Å². The van der Waals surface area contributed by atoms with Gasteiger partial charge < -0.3 is 14.2 Å². The molecule has 0 saturated heterocycles. The fourth-order valence-electron chi connectivity index (χ4n) is 3.80. The highest BCUT2D eigenvalue weighted by atomic mass is 32.1. The quantitative estimate of drug-likeness (QED) is 0.451. The van der Waals surface area contributed by atoms with Gasteiger partial charge in [0, 0.05) is 6.42 Å². The predicted octanol–water partition coefficient (Wildman–Crippen LogP) is 4.92. The average molecular weight is 479 g/mol. The third-order valence-electron chi connectivity index (χ3n) is 5.83. The number of methoxy groups -OCH3 is 2. The lowest BCUT2D eigenvalue weighted by atomic mass is 10.0. The zero-order valence-corrected chi connectivity index (χ0v) is 20.3. The summed E-state index contributed by atoms with van der Waals surface area (Å²) < 4.78 is 16.1. The number of aryl methyl sites for hydroxylation is 2. The maximum atomic E-state index is 13.2. The smallest absolute Gasteiger partial charge is 0.338 e. The van der Waals surface area contributed by atoms with Gasteiger partial charge in [-0.1, -0.05) is 18.2 Å². The van der Waals surface area contributed by atoms with E-state index in [1.165, 1.54) is 5.01 Å². The lowest BCUT2D eigenvalue weighted by molar-refractivity contribution is -0.136. The summed E-state index contributed by atoms with van der Waals surface area (Å²) in [6.07, 6.45) is 0.535. The minimum Gasteiger partial charge on any atom is -0.493 e. The molecule has 0 saturated carbocycles. The molecule has 34 heavy (non-hydrogen) atoms. The van der Waals surface area contributed by atoms with E-state index in [4.69, 9.17) is 14.2 Å². The van der Waals surface area contributed by atoms with Crippen LogP contribution in [-0.4, -0.2) is 43.4 Å². The minimum absolute atomic E-state index is 0.357. The molecule has 1 aromatic heterocycles. The van der Waals surface area contributed by atoms with Gasteiger partial charge in [0.2, 0.25) is 0 Å². The highest BCUT2D eigenvalue weighted by Crippen LogP contribution is 2.37. The second-order valence-corrected chi connectivity index (χ2v) is 8.92. The molecular formula is C26H26N2O5S. The SMILES string of the molecule is COc1ccc(C2CC(c3cccs3)=NN2C(=O)COC(=O)c2ccc(C)c(C)c2)cc1OC. The summed E-state index contributed by atoms with van der Waals surface area (Å²) >= 11 is 1.56. The van der Waals surface area contributed by atoms with Gasteiger partial charge in [-0.15, -0.1) is 11.3 Å². The van der Waals surface area contributed by atoms with Crippen molar-refractivity contribution in [3.63, 3.8) is 0 Å². The second-order valence-electron chi connectivity index (χ2n) is 7.97. The number of hydrazone groups is 1. The van der Waals surface area contributed by atoms with Crippen molar-refractivity contribution in [1.29, 1.82) is 0 Å². The Kier molecular flexibility index (Phi) is 6.98. The molecule has 0 N–H and O–H groups in total. The molecule has 0 fully saturated rings. The maximum Gasteiger partial charge on any atom is 0.338 e. The molecule has 3 aromatic rings. The number of ether oxygens (including phenoxy) is 3. The fraction of sp³-hybridized carbons (Fsp3) is 0.269. The van der Waals surface area contributed by atoms with E-state index in [0.717, 1.165) is 27.3 Å². The summed E-state index contributed by atoms with van der Waals surface area (Å²) in [4.78, 5) is 26.7. The van der Waals surface area contributed by atoms with E-state index in [2.05, 4.69) is 5.10 Å². The third kappa shape index (κ3) is 4.82. The first-order chi connectivity index (χ1) is 16.4. The summed E-state index contributed by atoms with van der Waals surface area (Å²) in [5.74, 6) is 0.228. The lowest BCUT2D eigenvalue weighted by Crippen LogP contribution is -2.31. The van der Waals surface area contributed by atoms with Crippen molar-refractivity contribution in [3.8, 4) is 11.5 Å². The van der Waals surface area contributed by atoms with Crippen molar-refractivity contribution >= 4 is 28.9 Å². The van der Waals surface area contributed by atoms with Crippen LogP contribution in [0.25, 0.3) is 0 Å². The Labute approximate surface area is 202 Å². The van der Waals surface area contributed by atoms with Crippen LogP contribution in [0.15, 0.2) is 59.0 Å². The van der Waals surface area contributed by atoms with Crippen LogP contribution in [0.1, 0.15) is 44.4 Å². The van der Waals surface area contributed by atoms with Crippen molar-refractivity contribution in [3.05, 3.63) is 81.0 Å². The highest BCUT2D eigenvalue weighted by Gasteiger charge is 2.34. The molecule has 1 unspecified atom stereocenters. The standard InChI is InChI=1S/C26H26N2O5S/c1-16-7-8-19(12-17(16)2)26(30)33-15-25(29)28-21(14-20(27-28)24-6-5-11-34-24)18-9-10-22(31-3)23(13-18)32-4/h5-13,21H,14-15H2,1-4H3. The van der Waals surface area contributed by atoms with Gasteiger partial charge >= 0.3 is 5.97 Å². The summed E-state index contributed by atoms with van der Waals surface area (Å²) in [5.41, 5.74) is 4.14. The van der Waals surface area contributed by atoms with Crippen LogP contribution in [0.5, 0.6) is 11.5 Å². The van der Waals surface area contributed by atoms with Gasteiger partial charge in [0.25, 0.3) is 5.91 Å². The Morgan fingerprint density at radius 2 is 1.82 bits per heavy atom. The number of carbonyl (C=O) groups is 2. The third-order valence-corrected chi connectivity index (χ3v) is 6.75. The Bertz CT molecular complexity index is 1240. The topological polar surface area (TPSA) is 77.4 Å². The lowest BCUT2D eigenvalue weighted by Gasteiger charge is -2.22. The molecule has 2 aromatic carbocycles. The monoisotopic (exact) mass is 478 g/mol. The normalized spacial score (nSPS) is 15.1. The number of nitrogens with zero attached hydrogens (tertiary/aromatic N) is 2.